The van der Waals surface area contributed by atoms with Gasteiger partial charge in [0.25, 0.3) is 0 Å². The number of anilines is 1. The molecule has 0 aliphatic carbocycles. The van der Waals surface area contributed by atoms with Crippen molar-refractivity contribution in [1.29, 1.82) is 0 Å². The molecular weight excluding hydrogens is 382 g/mol. The molecule has 148 valence electrons. The highest BCUT2D eigenvalue weighted by Crippen LogP contribution is 2.24. The lowest BCUT2D eigenvalue weighted by Crippen LogP contribution is -2.49. The van der Waals surface area contributed by atoms with Gasteiger partial charge in [-0.15, -0.1) is 0 Å². The van der Waals surface area contributed by atoms with Gasteiger partial charge in [0, 0.05) is 44.5 Å². The monoisotopic (exact) mass is 403 g/mol. The fourth-order valence-electron chi connectivity index (χ4n) is 3.40. The number of piperazine rings is 1. The second kappa shape index (κ2) is 6.71. The summed E-state index contributed by atoms with van der Waals surface area (Å²) < 4.78 is 34.0. The van der Waals surface area contributed by atoms with Gasteiger partial charge >= 0.3 is 5.76 Å². The Morgan fingerprint density at radius 2 is 1.79 bits per heavy atom. The highest BCUT2D eigenvalue weighted by atomic mass is 32.2. The van der Waals surface area contributed by atoms with Crippen LogP contribution in [0.3, 0.4) is 0 Å². The van der Waals surface area contributed by atoms with Crippen LogP contribution in [0.15, 0.2) is 38.6 Å². The van der Waals surface area contributed by atoms with Gasteiger partial charge in [-0.25, -0.2) is 23.2 Å². The minimum atomic E-state index is -3.67. The number of hydrogen-bond acceptors (Lipinski definition) is 7. The molecule has 0 spiro atoms. The van der Waals surface area contributed by atoms with Crippen molar-refractivity contribution in [1.82, 2.24) is 18.8 Å². The Morgan fingerprint density at radius 1 is 1.07 bits per heavy atom. The number of benzene rings is 1. The van der Waals surface area contributed by atoms with Gasteiger partial charge in [0.15, 0.2) is 5.58 Å². The molecule has 1 aliphatic heterocycles. The average molecular weight is 403 g/mol. The Labute approximate surface area is 162 Å². The van der Waals surface area contributed by atoms with E-state index >= 15 is 0 Å². The van der Waals surface area contributed by atoms with Crippen molar-refractivity contribution in [2.75, 3.05) is 31.1 Å². The number of oxazole rings is 1. The summed E-state index contributed by atoms with van der Waals surface area (Å²) in [6.07, 6.45) is 1.53. The third-order valence-electron chi connectivity index (χ3n) is 5.25. The smallest absolute Gasteiger partial charge is 0.408 e. The summed E-state index contributed by atoms with van der Waals surface area (Å²) in [5.41, 5.74) is 2.74. The molecule has 0 radical (unpaired) electrons. The van der Waals surface area contributed by atoms with Crippen LogP contribution in [0.5, 0.6) is 0 Å². The van der Waals surface area contributed by atoms with Crippen molar-refractivity contribution in [2.24, 2.45) is 7.05 Å². The van der Waals surface area contributed by atoms with Crippen molar-refractivity contribution < 1.29 is 12.8 Å². The average Bonchev–Trinajstić information content (AvgIpc) is 2.97. The molecule has 10 heteroatoms. The van der Waals surface area contributed by atoms with Crippen LogP contribution in [0.4, 0.5) is 5.82 Å². The maximum atomic E-state index is 13.1. The molecule has 0 N–H and O–H groups in total. The van der Waals surface area contributed by atoms with Crippen LogP contribution in [0.1, 0.15) is 11.3 Å². The Hall–Kier alpha value is -2.72. The zero-order valence-corrected chi connectivity index (χ0v) is 16.7. The van der Waals surface area contributed by atoms with E-state index < -0.39 is 15.8 Å². The van der Waals surface area contributed by atoms with E-state index in [0.717, 1.165) is 17.1 Å². The van der Waals surface area contributed by atoms with Crippen LogP contribution in [0.2, 0.25) is 0 Å². The van der Waals surface area contributed by atoms with Crippen LogP contribution >= 0.6 is 0 Å². The maximum Gasteiger partial charge on any atom is 0.419 e. The number of sulfonamides is 1. The minimum absolute atomic E-state index is 0.152. The zero-order chi connectivity index (χ0) is 20.1. The number of hydrogen-bond donors (Lipinski definition) is 0. The summed E-state index contributed by atoms with van der Waals surface area (Å²) in [7, 11) is -2.12. The van der Waals surface area contributed by atoms with Crippen LogP contribution in [-0.4, -0.2) is 53.4 Å². The van der Waals surface area contributed by atoms with Crippen molar-refractivity contribution in [2.45, 2.75) is 18.7 Å². The first kappa shape index (κ1) is 18.6. The number of aryl methyl sites for hydroxylation is 2. The van der Waals surface area contributed by atoms with Gasteiger partial charge in [-0.2, -0.15) is 4.31 Å². The Morgan fingerprint density at radius 3 is 2.50 bits per heavy atom. The molecule has 0 atom stereocenters. The second-order valence-electron chi connectivity index (χ2n) is 6.86. The molecule has 1 saturated heterocycles. The molecule has 3 heterocycles. The second-order valence-corrected chi connectivity index (χ2v) is 8.79. The molecule has 0 saturated carbocycles. The first-order valence-corrected chi connectivity index (χ1v) is 10.4. The van der Waals surface area contributed by atoms with Gasteiger partial charge in [-0.05, 0) is 32.0 Å². The van der Waals surface area contributed by atoms with E-state index in [1.165, 1.54) is 33.4 Å². The Bertz CT molecular complexity index is 1210. The van der Waals surface area contributed by atoms with Crippen molar-refractivity contribution in [3.63, 3.8) is 0 Å². The van der Waals surface area contributed by atoms with E-state index in [-0.39, 0.29) is 4.90 Å². The van der Waals surface area contributed by atoms with Crippen LogP contribution in [-0.2, 0) is 17.1 Å². The molecule has 0 amide bonds. The first-order chi connectivity index (χ1) is 13.3. The summed E-state index contributed by atoms with van der Waals surface area (Å²) in [5.74, 6) is 0.327. The van der Waals surface area contributed by atoms with E-state index in [2.05, 4.69) is 14.9 Å². The van der Waals surface area contributed by atoms with E-state index in [1.807, 2.05) is 13.8 Å². The highest BCUT2D eigenvalue weighted by molar-refractivity contribution is 7.89. The number of nitrogens with zero attached hydrogens (tertiary/aromatic N) is 5. The van der Waals surface area contributed by atoms with Crippen molar-refractivity contribution >= 4 is 26.9 Å². The van der Waals surface area contributed by atoms with E-state index in [9.17, 15) is 13.2 Å². The van der Waals surface area contributed by atoms with Gasteiger partial charge < -0.3 is 9.32 Å². The zero-order valence-electron chi connectivity index (χ0n) is 15.9. The molecule has 2 aromatic heterocycles. The standard InChI is InChI=1S/C18H21N5O4S/c1-12-13(2)19-11-20-17(12)22-6-8-23(9-7-22)28(25,26)14-4-5-16-15(10-14)21(3)18(24)27-16/h4-5,10-11H,6-9H2,1-3H3. The maximum absolute atomic E-state index is 13.1. The summed E-state index contributed by atoms with van der Waals surface area (Å²) in [4.78, 5) is 22.4. The predicted octanol–water partition coefficient (Wildman–Crippen LogP) is 1.05. The van der Waals surface area contributed by atoms with Crippen LogP contribution in [0, 0.1) is 13.8 Å². The first-order valence-electron chi connectivity index (χ1n) is 8.92. The lowest BCUT2D eigenvalue weighted by molar-refractivity contribution is 0.383. The Balaban J connectivity index is 1.58. The molecule has 0 bridgehead atoms. The molecule has 1 aromatic carbocycles. The molecule has 3 aromatic rings. The lowest BCUT2D eigenvalue weighted by Gasteiger charge is -2.35. The third kappa shape index (κ3) is 2.98. The van der Waals surface area contributed by atoms with Crippen molar-refractivity contribution in [3.05, 3.63) is 46.3 Å². The Kier molecular flexibility index (Phi) is 4.47. The third-order valence-corrected chi connectivity index (χ3v) is 7.14. The van der Waals surface area contributed by atoms with Gasteiger partial charge in [0.1, 0.15) is 12.1 Å². The minimum Gasteiger partial charge on any atom is -0.408 e. The van der Waals surface area contributed by atoms with Gasteiger partial charge in [0.2, 0.25) is 10.0 Å². The fourth-order valence-corrected chi connectivity index (χ4v) is 4.84. The number of rotatable bonds is 3. The summed E-state index contributed by atoms with van der Waals surface area (Å²) in [6, 6.07) is 4.48. The highest BCUT2D eigenvalue weighted by Gasteiger charge is 2.30. The number of aromatic nitrogens is 3. The molecule has 4 rings (SSSR count). The number of fused-ring (bicyclic) bond motifs is 1. The van der Waals surface area contributed by atoms with Crippen molar-refractivity contribution in [3.8, 4) is 0 Å². The van der Waals surface area contributed by atoms with Gasteiger partial charge in [-0.3, -0.25) is 4.57 Å². The SMILES string of the molecule is Cc1ncnc(N2CCN(S(=O)(=O)c3ccc4oc(=O)n(C)c4c3)CC2)c1C. The molecule has 1 fully saturated rings. The van der Waals surface area contributed by atoms with Gasteiger partial charge in [0.05, 0.1) is 10.4 Å². The normalized spacial score (nSPS) is 16.0. The summed E-state index contributed by atoms with van der Waals surface area (Å²) in [5, 5.41) is 0. The summed E-state index contributed by atoms with van der Waals surface area (Å²) >= 11 is 0. The van der Waals surface area contributed by atoms with Crippen LogP contribution in [0.25, 0.3) is 11.1 Å². The van der Waals surface area contributed by atoms with E-state index in [1.54, 1.807) is 7.05 Å². The molecular formula is C18H21N5O4S. The predicted molar refractivity (Wildman–Crippen MR) is 104 cm³/mol. The topological polar surface area (TPSA) is 102 Å². The molecule has 28 heavy (non-hydrogen) atoms. The molecule has 9 nitrogen and oxygen atoms in total. The fraction of sp³-hybridized carbons (Fsp3) is 0.389. The quantitative estimate of drug-likeness (QED) is 0.644. The lowest BCUT2D eigenvalue weighted by atomic mass is 10.2. The largest absolute Gasteiger partial charge is 0.419 e. The van der Waals surface area contributed by atoms with Gasteiger partial charge in [-0.1, -0.05) is 0 Å². The van der Waals surface area contributed by atoms with Crippen LogP contribution < -0.4 is 10.7 Å². The van der Waals surface area contributed by atoms with E-state index in [4.69, 9.17) is 4.42 Å². The molecule has 0 unspecified atom stereocenters. The molecule has 1 aliphatic rings. The summed E-state index contributed by atoms with van der Waals surface area (Å²) in [6.45, 7) is 5.70. The van der Waals surface area contributed by atoms with E-state index in [0.29, 0.717) is 37.3 Å².